The summed E-state index contributed by atoms with van der Waals surface area (Å²) in [6, 6.07) is 14.7. The van der Waals surface area contributed by atoms with Crippen LogP contribution in [0.1, 0.15) is 43.6 Å². The molecule has 4 nitrogen and oxygen atoms in total. The van der Waals surface area contributed by atoms with Gasteiger partial charge < -0.3 is 10.1 Å². The maximum absolute atomic E-state index is 13.0. The number of carbonyl (C=O) groups is 1. The molecular weight excluding hydrogens is 324 g/mol. The number of carbonyl (C=O) groups excluding carboxylic acids is 1. The summed E-state index contributed by atoms with van der Waals surface area (Å²) in [5, 5.41) is 14.2. The second-order valence-corrected chi connectivity index (χ2v) is 8.53. The fraction of sp³-hybridized carbons (Fsp3) is 0.500. The lowest BCUT2D eigenvalue weighted by Gasteiger charge is -2.36. The van der Waals surface area contributed by atoms with E-state index in [0.717, 1.165) is 32.4 Å². The van der Waals surface area contributed by atoms with Gasteiger partial charge in [-0.25, -0.2) is 0 Å². The van der Waals surface area contributed by atoms with Crippen LogP contribution in [0.2, 0.25) is 0 Å². The molecule has 26 heavy (non-hydrogen) atoms. The highest BCUT2D eigenvalue weighted by molar-refractivity contribution is 5.84. The SMILES string of the molecule is O=C(C1CCC2(CC2)CN1O)N1CCC(c2ccc3ccccc3c2)C1. The summed E-state index contributed by atoms with van der Waals surface area (Å²) in [7, 11) is 0. The molecule has 2 atom stereocenters. The summed E-state index contributed by atoms with van der Waals surface area (Å²) in [5.41, 5.74) is 1.64. The van der Waals surface area contributed by atoms with E-state index in [1.54, 1.807) is 0 Å². The molecule has 0 radical (unpaired) electrons. The summed E-state index contributed by atoms with van der Waals surface area (Å²) >= 11 is 0. The highest BCUT2D eigenvalue weighted by Crippen LogP contribution is 2.53. The largest absolute Gasteiger partial charge is 0.341 e. The number of piperidine rings is 1. The Morgan fingerprint density at radius 3 is 2.62 bits per heavy atom. The Morgan fingerprint density at radius 2 is 1.85 bits per heavy atom. The first-order chi connectivity index (χ1) is 12.6. The van der Waals surface area contributed by atoms with Gasteiger partial charge in [-0.15, -0.1) is 0 Å². The zero-order chi connectivity index (χ0) is 17.7. The maximum Gasteiger partial charge on any atom is 0.242 e. The number of benzene rings is 2. The molecule has 2 aromatic carbocycles. The van der Waals surface area contributed by atoms with Gasteiger partial charge in [0.05, 0.1) is 0 Å². The predicted octanol–water partition coefficient (Wildman–Crippen LogP) is 3.79. The molecule has 1 saturated carbocycles. The highest BCUT2D eigenvalue weighted by atomic mass is 16.5. The van der Waals surface area contributed by atoms with Crippen LogP contribution in [0.3, 0.4) is 0 Å². The van der Waals surface area contributed by atoms with E-state index in [-0.39, 0.29) is 11.9 Å². The van der Waals surface area contributed by atoms with Crippen molar-refractivity contribution < 1.29 is 10.0 Å². The number of fused-ring (bicyclic) bond motifs is 1. The molecule has 1 amide bonds. The lowest BCUT2D eigenvalue weighted by atomic mass is 9.91. The lowest BCUT2D eigenvalue weighted by Crippen LogP contribution is -2.51. The molecule has 3 aliphatic rings. The Labute approximate surface area is 154 Å². The molecule has 2 aliphatic heterocycles. The van der Waals surface area contributed by atoms with Crippen molar-refractivity contribution in [1.82, 2.24) is 9.96 Å². The minimum atomic E-state index is -0.337. The van der Waals surface area contributed by atoms with Crippen LogP contribution in [-0.4, -0.2) is 46.8 Å². The predicted molar refractivity (Wildman–Crippen MR) is 101 cm³/mol. The van der Waals surface area contributed by atoms with Crippen LogP contribution in [0.4, 0.5) is 0 Å². The molecule has 2 aromatic rings. The van der Waals surface area contributed by atoms with Crippen molar-refractivity contribution in [3.8, 4) is 0 Å². The van der Waals surface area contributed by atoms with Gasteiger partial charge in [0, 0.05) is 25.6 Å². The van der Waals surface area contributed by atoms with E-state index >= 15 is 0 Å². The zero-order valence-corrected chi connectivity index (χ0v) is 15.1. The minimum absolute atomic E-state index is 0.117. The number of rotatable bonds is 2. The first-order valence-electron chi connectivity index (χ1n) is 9.87. The fourth-order valence-corrected chi connectivity index (χ4v) is 4.87. The third-order valence-electron chi connectivity index (χ3n) is 6.79. The molecule has 3 fully saturated rings. The molecule has 1 spiro atoms. The van der Waals surface area contributed by atoms with Crippen molar-refractivity contribution in [2.75, 3.05) is 19.6 Å². The standard InChI is InChI=1S/C22H26N2O2/c25-21(20-7-9-22(10-11-22)15-24(20)26)23-12-8-19(14-23)18-6-5-16-3-1-2-4-17(16)13-18/h1-6,13,19-20,26H,7-12,14-15H2. The summed E-state index contributed by atoms with van der Waals surface area (Å²) in [6.07, 6.45) is 5.30. The summed E-state index contributed by atoms with van der Waals surface area (Å²) in [5.74, 6) is 0.514. The van der Waals surface area contributed by atoms with Crippen molar-refractivity contribution in [1.29, 1.82) is 0 Å². The number of likely N-dealkylation sites (tertiary alicyclic amines) is 1. The molecular formula is C22H26N2O2. The van der Waals surface area contributed by atoms with Crippen LogP contribution >= 0.6 is 0 Å². The average Bonchev–Trinajstić information content (AvgIpc) is 3.21. The monoisotopic (exact) mass is 350 g/mol. The van der Waals surface area contributed by atoms with Crippen LogP contribution in [0.15, 0.2) is 42.5 Å². The van der Waals surface area contributed by atoms with Gasteiger partial charge in [0.25, 0.3) is 0 Å². The minimum Gasteiger partial charge on any atom is -0.341 e. The highest BCUT2D eigenvalue weighted by Gasteiger charge is 2.50. The van der Waals surface area contributed by atoms with Crippen LogP contribution < -0.4 is 0 Å². The molecule has 1 aliphatic carbocycles. The number of nitrogens with zero attached hydrogens (tertiary/aromatic N) is 2. The molecule has 2 heterocycles. The van der Waals surface area contributed by atoms with Gasteiger partial charge in [-0.1, -0.05) is 42.5 Å². The van der Waals surface area contributed by atoms with Crippen LogP contribution in [0.5, 0.6) is 0 Å². The number of amides is 1. The topological polar surface area (TPSA) is 43.8 Å². The molecule has 2 unspecified atom stereocenters. The number of hydrogen-bond donors (Lipinski definition) is 1. The van der Waals surface area contributed by atoms with E-state index in [2.05, 4.69) is 42.5 Å². The number of hydroxylamine groups is 2. The van der Waals surface area contributed by atoms with Gasteiger partial charge in [-0.2, -0.15) is 5.06 Å². The van der Waals surface area contributed by atoms with Gasteiger partial charge >= 0.3 is 0 Å². The van der Waals surface area contributed by atoms with E-state index < -0.39 is 0 Å². The first kappa shape index (κ1) is 16.3. The molecule has 1 N–H and O–H groups in total. The second kappa shape index (κ2) is 6.07. The van der Waals surface area contributed by atoms with Crippen LogP contribution in [0, 0.1) is 5.41 Å². The van der Waals surface area contributed by atoms with Crippen LogP contribution in [0.25, 0.3) is 10.8 Å². The van der Waals surface area contributed by atoms with Crippen molar-refractivity contribution in [3.63, 3.8) is 0 Å². The summed E-state index contributed by atoms with van der Waals surface area (Å²) in [6.45, 7) is 2.24. The Kier molecular flexibility index (Phi) is 3.80. The average molecular weight is 350 g/mol. The van der Waals surface area contributed by atoms with Gasteiger partial charge in [-0.05, 0) is 53.9 Å². The summed E-state index contributed by atoms with van der Waals surface area (Å²) < 4.78 is 0. The zero-order valence-electron chi connectivity index (χ0n) is 15.1. The van der Waals surface area contributed by atoms with E-state index in [4.69, 9.17) is 0 Å². The summed E-state index contributed by atoms with van der Waals surface area (Å²) in [4.78, 5) is 14.9. The van der Waals surface area contributed by atoms with E-state index in [1.807, 2.05) is 4.90 Å². The quantitative estimate of drug-likeness (QED) is 0.896. The van der Waals surface area contributed by atoms with Crippen molar-refractivity contribution in [2.24, 2.45) is 5.41 Å². The Balaban J connectivity index is 1.28. The van der Waals surface area contributed by atoms with Gasteiger partial charge in [0.15, 0.2) is 0 Å². The smallest absolute Gasteiger partial charge is 0.242 e. The third kappa shape index (κ3) is 2.81. The first-order valence-corrected chi connectivity index (χ1v) is 9.87. The van der Waals surface area contributed by atoms with Crippen molar-refractivity contribution in [2.45, 2.75) is 44.1 Å². The maximum atomic E-state index is 13.0. The van der Waals surface area contributed by atoms with E-state index in [1.165, 1.54) is 34.2 Å². The van der Waals surface area contributed by atoms with Gasteiger partial charge in [0.1, 0.15) is 6.04 Å². The molecule has 136 valence electrons. The Hall–Kier alpha value is -1.91. The molecule has 0 bridgehead atoms. The third-order valence-corrected chi connectivity index (χ3v) is 6.79. The lowest BCUT2D eigenvalue weighted by molar-refractivity contribution is -0.179. The normalized spacial score (nSPS) is 28.0. The fourth-order valence-electron chi connectivity index (χ4n) is 4.87. The molecule has 5 rings (SSSR count). The van der Waals surface area contributed by atoms with Gasteiger partial charge in [-0.3, -0.25) is 4.79 Å². The number of hydrogen-bond acceptors (Lipinski definition) is 3. The van der Waals surface area contributed by atoms with Crippen LogP contribution in [-0.2, 0) is 4.79 Å². The van der Waals surface area contributed by atoms with Gasteiger partial charge in [0.2, 0.25) is 5.91 Å². The van der Waals surface area contributed by atoms with E-state index in [9.17, 15) is 10.0 Å². The van der Waals surface area contributed by atoms with Crippen molar-refractivity contribution in [3.05, 3.63) is 48.0 Å². The van der Waals surface area contributed by atoms with Crippen molar-refractivity contribution >= 4 is 16.7 Å². The molecule has 2 saturated heterocycles. The Morgan fingerprint density at radius 1 is 1.04 bits per heavy atom. The molecule has 0 aromatic heterocycles. The Bertz CT molecular complexity index is 845. The van der Waals surface area contributed by atoms with E-state index in [0.29, 0.717) is 17.9 Å². The second-order valence-electron chi connectivity index (χ2n) is 8.53. The molecule has 4 heteroatoms.